The molecule has 6 nitrogen and oxygen atoms in total. The second-order valence-electron chi connectivity index (χ2n) is 8.54. The van der Waals surface area contributed by atoms with E-state index >= 15 is 0 Å². The number of methoxy groups -OCH3 is 3. The number of nitrogens with zero attached hydrogens (tertiary/aromatic N) is 1. The molecule has 1 unspecified atom stereocenters. The number of nitrogens with one attached hydrogen (secondary N) is 1. The van der Waals surface area contributed by atoms with Crippen LogP contribution in [-0.4, -0.2) is 45.2 Å². The highest BCUT2D eigenvalue weighted by Gasteiger charge is 2.21. The molecule has 174 valence electrons. The van der Waals surface area contributed by atoms with E-state index in [2.05, 4.69) is 29.3 Å². The van der Waals surface area contributed by atoms with Crippen LogP contribution in [0.5, 0.6) is 17.2 Å². The number of carbonyl (C=O) groups excluding carboxylic acids is 1. The summed E-state index contributed by atoms with van der Waals surface area (Å²) in [6, 6.07) is 12.1. The molecule has 0 aliphatic carbocycles. The number of benzene rings is 2. The van der Waals surface area contributed by atoms with Crippen molar-refractivity contribution in [1.82, 2.24) is 10.2 Å². The summed E-state index contributed by atoms with van der Waals surface area (Å²) in [6.45, 7) is 5.65. The summed E-state index contributed by atoms with van der Waals surface area (Å²) in [7, 11) is 4.96. The maximum absolute atomic E-state index is 12.5. The van der Waals surface area contributed by atoms with Gasteiger partial charge in [-0.3, -0.25) is 9.69 Å². The van der Waals surface area contributed by atoms with Crippen LogP contribution >= 0.6 is 0 Å². The molecule has 32 heavy (non-hydrogen) atoms. The molecule has 1 N–H and O–H groups in total. The Hall–Kier alpha value is -2.73. The van der Waals surface area contributed by atoms with Crippen molar-refractivity contribution in [2.75, 3.05) is 34.4 Å². The molecule has 0 radical (unpaired) electrons. The number of carbonyl (C=O) groups is 1. The van der Waals surface area contributed by atoms with Crippen LogP contribution in [0, 0.1) is 12.8 Å². The fourth-order valence-electron chi connectivity index (χ4n) is 4.44. The van der Waals surface area contributed by atoms with E-state index in [-0.39, 0.29) is 5.91 Å². The van der Waals surface area contributed by atoms with Gasteiger partial charge in [0, 0.05) is 37.7 Å². The number of rotatable bonds is 10. The van der Waals surface area contributed by atoms with E-state index in [0.717, 1.165) is 48.9 Å². The highest BCUT2D eigenvalue weighted by atomic mass is 16.5. The number of hydrogen-bond donors (Lipinski definition) is 1. The average Bonchev–Trinajstić information content (AvgIpc) is 2.81. The number of ether oxygens (including phenoxy) is 3. The SMILES string of the molecule is COc1ccc(CNC(=O)CCC2CCCN(Cc3ccc(OC)c(C)c3)C2)c(OC)c1. The topological polar surface area (TPSA) is 60.0 Å². The molecule has 1 heterocycles. The first-order valence-corrected chi connectivity index (χ1v) is 11.4. The Morgan fingerprint density at radius 3 is 2.59 bits per heavy atom. The molecule has 1 aliphatic heterocycles. The number of piperidine rings is 1. The van der Waals surface area contributed by atoms with Crippen LogP contribution < -0.4 is 19.5 Å². The second-order valence-corrected chi connectivity index (χ2v) is 8.54. The van der Waals surface area contributed by atoms with Crippen molar-refractivity contribution < 1.29 is 19.0 Å². The highest BCUT2D eigenvalue weighted by Crippen LogP contribution is 2.26. The Labute approximate surface area is 191 Å². The van der Waals surface area contributed by atoms with Crippen molar-refractivity contribution in [1.29, 1.82) is 0 Å². The van der Waals surface area contributed by atoms with Crippen LogP contribution in [0.2, 0.25) is 0 Å². The van der Waals surface area contributed by atoms with E-state index in [1.165, 1.54) is 24.0 Å². The molecule has 0 saturated carbocycles. The maximum Gasteiger partial charge on any atom is 0.220 e. The third kappa shape index (κ3) is 6.63. The van der Waals surface area contributed by atoms with Crippen LogP contribution in [0.15, 0.2) is 36.4 Å². The number of likely N-dealkylation sites (tertiary alicyclic amines) is 1. The molecule has 2 aromatic carbocycles. The van der Waals surface area contributed by atoms with E-state index in [9.17, 15) is 4.79 Å². The van der Waals surface area contributed by atoms with E-state index in [4.69, 9.17) is 14.2 Å². The molecule has 1 fully saturated rings. The molecule has 1 atom stereocenters. The smallest absolute Gasteiger partial charge is 0.220 e. The van der Waals surface area contributed by atoms with Gasteiger partial charge in [0.25, 0.3) is 0 Å². The Bertz CT molecular complexity index is 899. The van der Waals surface area contributed by atoms with Crippen molar-refractivity contribution >= 4 is 5.91 Å². The van der Waals surface area contributed by atoms with Gasteiger partial charge >= 0.3 is 0 Å². The Morgan fingerprint density at radius 1 is 1.06 bits per heavy atom. The Morgan fingerprint density at radius 2 is 1.88 bits per heavy atom. The molecule has 6 heteroatoms. The molecule has 3 rings (SSSR count). The standard InChI is InChI=1S/C26H36N2O4/c1-19-14-21(7-11-24(19)31-3)18-28-13-5-6-20(17-28)8-12-26(29)27-16-22-9-10-23(30-2)15-25(22)32-4/h7,9-11,14-15,20H,5-6,8,12-13,16-18H2,1-4H3,(H,27,29). The normalized spacial score (nSPS) is 16.4. The van der Waals surface area contributed by atoms with E-state index < -0.39 is 0 Å². The molecule has 0 bridgehead atoms. The van der Waals surface area contributed by atoms with Crippen LogP contribution in [-0.2, 0) is 17.9 Å². The van der Waals surface area contributed by atoms with E-state index in [1.807, 2.05) is 24.3 Å². The van der Waals surface area contributed by atoms with Gasteiger partial charge in [-0.1, -0.05) is 12.1 Å². The van der Waals surface area contributed by atoms with Gasteiger partial charge in [0.05, 0.1) is 21.3 Å². The van der Waals surface area contributed by atoms with Gasteiger partial charge in [0.2, 0.25) is 5.91 Å². The molecular weight excluding hydrogens is 404 g/mol. The summed E-state index contributed by atoms with van der Waals surface area (Å²) in [5, 5.41) is 3.03. The summed E-state index contributed by atoms with van der Waals surface area (Å²) in [6.07, 6.45) is 3.85. The maximum atomic E-state index is 12.5. The molecule has 2 aromatic rings. The van der Waals surface area contributed by atoms with Crippen molar-refractivity contribution in [3.63, 3.8) is 0 Å². The molecule has 1 saturated heterocycles. The minimum absolute atomic E-state index is 0.0887. The first-order valence-electron chi connectivity index (χ1n) is 11.4. The van der Waals surface area contributed by atoms with Crippen molar-refractivity contribution in [3.8, 4) is 17.2 Å². The zero-order chi connectivity index (χ0) is 22.9. The Balaban J connectivity index is 1.44. The van der Waals surface area contributed by atoms with Crippen LogP contribution in [0.25, 0.3) is 0 Å². The highest BCUT2D eigenvalue weighted by molar-refractivity contribution is 5.75. The largest absolute Gasteiger partial charge is 0.497 e. The van der Waals surface area contributed by atoms with Gasteiger partial charge < -0.3 is 19.5 Å². The second kappa shape index (κ2) is 11.8. The van der Waals surface area contributed by atoms with Crippen molar-refractivity contribution in [2.24, 2.45) is 5.92 Å². The Kier molecular flexibility index (Phi) is 8.80. The van der Waals surface area contributed by atoms with Crippen LogP contribution in [0.1, 0.15) is 42.4 Å². The van der Waals surface area contributed by atoms with Crippen LogP contribution in [0.4, 0.5) is 0 Å². The monoisotopic (exact) mass is 440 g/mol. The summed E-state index contributed by atoms with van der Waals surface area (Å²) in [5.41, 5.74) is 3.43. The summed E-state index contributed by atoms with van der Waals surface area (Å²) < 4.78 is 16.0. The zero-order valence-electron chi connectivity index (χ0n) is 19.8. The first kappa shape index (κ1) is 23.9. The lowest BCUT2D eigenvalue weighted by molar-refractivity contribution is -0.121. The van der Waals surface area contributed by atoms with E-state index in [1.54, 1.807) is 21.3 Å². The lowest BCUT2D eigenvalue weighted by Crippen LogP contribution is -2.35. The lowest BCUT2D eigenvalue weighted by Gasteiger charge is -2.32. The van der Waals surface area contributed by atoms with E-state index in [0.29, 0.717) is 18.9 Å². The van der Waals surface area contributed by atoms with Gasteiger partial charge in [0.15, 0.2) is 0 Å². The summed E-state index contributed by atoms with van der Waals surface area (Å²) in [5.74, 6) is 3.05. The summed E-state index contributed by atoms with van der Waals surface area (Å²) >= 11 is 0. The minimum atomic E-state index is 0.0887. The predicted molar refractivity (Wildman–Crippen MR) is 126 cm³/mol. The third-order valence-electron chi connectivity index (χ3n) is 6.22. The third-order valence-corrected chi connectivity index (χ3v) is 6.22. The quantitative estimate of drug-likeness (QED) is 0.596. The fraction of sp³-hybridized carbons (Fsp3) is 0.500. The molecule has 0 spiro atoms. The van der Waals surface area contributed by atoms with Gasteiger partial charge in [0.1, 0.15) is 17.2 Å². The lowest BCUT2D eigenvalue weighted by atomic mass is 9.93. The molecule has 0 aromatic heterocycles. The molecular formula is C26H36N2O4. The fourth-order valence-corrected chi connectivity index (χ4v) is 4.44. The minimum Gasteiger partial charge on any atom is -0.497 e. The van der Waals surface area contributed by atoms with Gasteiger partial charge in [-0.05, 0) is 68.0 Å². The summed E-state index contributed by atoms with van der Waals surface area (Å²) in [4.78, 5) is 15.0. The molecule has 1 aliphatic rings. The number of aryl methyl sites for hydroxylation is 1. The average molecular weight is 441 g/mol. The van der Waals surface area contributed by atoms with Gasteiger partial charge in [-0.25, -0.2) is 0 Å². The van der Waals surface area contributed by atoms with Crippen molar-refractivity contribution in [2.45, 2.75) is 45.7 Å². The van der Waals surface area contributed by atoms with Gasteiger partial charge in [-0.2, -0.15) is 0 Å². The predicted octanol–water partition coefficient (Wildman–Crippen LogP) is 4.33. The number of hydrogen-bond acceptors (Lipinski definition) is 5. The molecule has 1 amide bonds. The van der Waals surface area contributed by atoms with Crippen LogP contribution in [0.3, 0.4) is 0 Å². The van der Waals surface area contributed by atoms with Gasteiger partial charge in [-0.15, -0.1) is 0 Å². The van der Waals surface area contributed by atoms with Crippen molar-refractivity contribution in [3.05, 3.63) is 53.1 Å². The zero-order valence-corrected chi connectivity index (χ0v) is 19.8. The number of amides is 1. The first-order chi connectivity index (χ1) is 15.5.